The second-order valence-corrected chi connectivity index (χ2v) is 15.9. The van der Waals surface area contributed by atoms with Gasteiger partial charge < -0.3 is 8.98 Å². The summed E-state index contributed by atoms with van der Waals surface area (Å²) in [5.74, 6) is 1.87. The maximum atomic E-state index is 6.82. The van der Waals surface area contributed by atoms with E-state index in [4.69, 9.17) is 19.4 Å². The Balaban J connectivity index is 1.10. The maximum Gasteiger partial charge on any atom is 0.164 e. The summed E-state index contributed by atoms with van der Waals surface area (Å²) >= 11 is 0. The highest BCUT2D eigenvalue weighted by molar-refractivity contribution is 6.21. The van der Waals surface area contributed by atoms with Gasteiger partial charge in [0.2, 0.25) is 0 Å². The zero-order chi connectivity index (χ0) is 41.7. The first-order valence-corrected chi connectivity index (χ1v) is 21.3. The van der Waals surface area contributed by atoms with Gasteiger partial charge in [0, 0.05) is 43.9 Å². The van der Waals surface area contributed by atoms with E-state index in [9.17, 15) is 0 Å². The van der Waals surface area contributed by atoms with Gasteiger partial charge >= 0.3 is 0 Å². The lowest BCUT2D eigenvalue weighted by Gasteiger charge is -2.37. The number of aromatic nitrogens is 4. The van der Waals surface area contributed by atoms with Gasteiger partial charge in [-0.25, -0.2) is 15.0 Å². The van der Waals surface area contributed by atoms with Crippen molar-refractivity contribution in [1.29, 1.82) is 0 Å². The van der Waals surface area contributed by atoms with E-state index in [-0.39, 0.29) is 0 Å². The van der Waals surface area contributed by atoms with Crippen LogP contribution in [0.15, 0.2) is 235 Å². The molecule has 0 amide bonds. The van der Waals surface area contributed by atoms with Crippen molar-refractivity contribution in [3.05, 3.63) is 253 Å². The van der Waals surface area contributed by atoms with Crippen LogP contribution < -0.4 is 0 Å². The molecule has 0 atom stereocenters. The Morgan fingerprint density at radius 3 is 1.35 bits per heavy atom. The monoisotopic (exact) mass is 806 g/mol. The topological polar surface area (TPSA) is 56.7 Å². The van der Waals surface area contributed by atoms with Crippen LogP contribution in [-0.4, -0.2) is 19.5 Å². The smallest absolute Gasteiger partial charge is 0.164 e. The molecule has 0 aliphatic carbocycles. The molecule has 9 aromatic carbocycles. The maximum absolute atomic E-state index is 6.82. The standard InChI is InChI=1S/C58H38N4O/c1-6-18-39(19-7-1)55-59-56(40-20-8-2-9-21-40)61-57(60-55)41-30-33-46(34-31-41)62-51-37-32-45(38-50(51)48-35-36-49-47-28-16-17-29-52(47)63-54(49)53(48)62)58(42-22-10-3-11-23-42,43-24-12-4-13-25-43)44-26-14-5-15-27-44/h1-38H. The lowest BCUT2D eigenvalue weighted by atomic mass is 9.65. The normalized spacial score (nSPS) is 11.8. The van der Waals surface area contributed by atoms with Gasteiger partial charge in [-0.15, -0.1) is 0 Å². The third-order valence-corrected chi connectivity index (χ3v) is 12.4. The van der Waals surface area contributed by atoms with E-state index in [1.54, 1.807) is 0 Å². The van der Waals surface area contributed by atoms with Crippen LogP contribution in [0.5, 0.6) is 0 Å². The summed E-state index contributed by atoms with van der Waals surface area (Å²) in [5, 5.41) is 4.43. The molecule has 0 spiro atoms. The molecule has 296 valence electrons. The van der Waals surface area contributed by atoms with Crippen LogP contribution in [0.4, 0.5) is 0 Å². The van der Waals surface area contributed by atoms with Gasteiger partial charge in [0.1, 0.15) is 5.58 Å². The van der Waals surface area contributed by atoms with Crippen molar-refractivity contribution in [2.75, 3.05) is 0 Å². The van der Waals surface area contributed by atoms with Crippen molar-refractivity contribution in [3.8, 4) is 39.9 Å². The summed E-state index contributed by atoms with van der Waals surface area (Å²) in [4.78, 5) is 15.0. The average molecular weight is 807 g/mol. The predicted octanol–water partition coefficient (Wildman–Crippen LogP) is 14.3. The Morgan fingerprint density at radius 1 is 0.349 bits per heavy atom. The van der Waals surface area contributed by atoms with E-state index < -0.39 is 5.41 Å². The van der Waals surface area contributed by atoms with Crippen molar-refractivity contribution >= 4 is 43.7 Å². The number of fused-ring (bicyclic) bond motifs is 7. The molecule has 0 aliphatic heterocycles. The van der Waals surface area contributed by atoms with Crippen LogP contribution in [0.25, 0.3) is 83.6 Å². The first-order valence-electron chi connectivity index (χ1n) is 21.3. The Morgan fingerprint density at radius 2 is 0.810 bits per heavy atom. The highest BCUT2D eigenvalue weighted by Crippen LogP contribution is 2.48. The zero-order valence-corrected chi connectivity index (χ0v) is 34.1. The summed E-state index contributed by atoms with van der Waals surface area (Å²) in [5.41, 5.74) is 11.8. The quantitative estimate of drug-likeness (QED) is 0.144. The molecule has 0 unspecified atom stereocenters. The molecule has 0 saturated carbocycles. The fourth-order valence-corrected chi connectivity index (χ4v) is 9.54. The van der Waals surface area contributed by atoms with Gasteiger partial charge in [-0.3, -0.25) is 0 Å². The third-order valence-electron chi connectivity index (χ3n) is 12.4. The van der Waals surface area contributed by atoms with E-state index in [0.29, 0.717) is 17.5 Å². The zero-order valence-electron chi connectivity index (χ0n) is 34.1. The van der Waals surface area contributed by atoms with Crippen molar-refractivity contribution in [2.24, 2.45) is 0 Å². The van der Waals surface area contributed by atoms with Crippen molar-refractivity contribution < 1.29 is 4.42 Å². The fraction of sp³-hybridized carbons (Fsp3) is 0.0172. The second-order valence-electron chi connectivity index (χ2n) is 15.9. The van der Waals surface area contributed by atoms with Crippen LogP contribution >= 0.6 is 0 Å². The summed E-state index contributed by atoms with van der Waals surface area (Å²) in [6, 6.07) is 81.2. The molecule has 0 bridgehead atoms. The number of hydrogen-bond donors (Lipinski definition) is 0. The van der Waals surface area contributed by atoms with Gasteiger partial charge in [0.05, 0.1) is 16.4 Å². The van der Waals surface area contributed by atoms with Gasteiger partial charge in [0.25, 0.3) is 0 Å². The minimum atomic E-state index is -0.598. The Hall–Kier alpha value is -8.41. The number of rotatable bonds is 8. The van der Waals surface area contributed by atoms with Gasteiger partial charge in [-0.2, -0.15) is 0 Å². The van der Waals surface area contributed by atoms with Gasteiger partial charge in [-0.05, 0) is 70.8 Å². The molecule has 63 heavy (non-hydrogen) atoms. The minimum Gasteiger partial charge on any atom is -0.454 e. The highest BCUT2D eigenvalue weighted by atomic mass is 16.3. The molecule has 0 saturated heterocycles. The SMILES string of the molecule is c1ccc(-c2nc(-c3ccccc3)nc(-c3ccc(-n4c5ccc(C(c6ccccc6)(c6ccccc6)c6ccccc6)cc5c5ccc6c7ccccc7oc6c54)cc3)n2)cc1. The molecule has 0 aliphatic rings. The van der Waals surface area contributed by atoms with E-state index in [2.05, 4.69) is 168 Å². The molecule has 5 heteroatoms. The molecule has 3 heterocycles. The number of benzene rings is 9. The minimum absolute atomic E-state index is 0.598. The van der Waals surface area contributed by atoms with Gasteiger partial charge in [0.15, 0.2) is 23.1 Å². The lowest BCUT2D eigenvalue weighted by Crippen LogP contribution is -2.30. The molecular formula is C58H38N4O. The van der Waals surface area contributed by atoms with Crippen LogP contribution in [0.1, 0.15) is 22.3 Å². The first-order chi connectivity index (χ1) is 31.2. The fourth-order valence-electron chi connectivity index (χ4n) is 9.54. The van der Waals surface area contributed by atoms with Crippen LogP contribution in [0, 0.1) is 0 Å². The van der Waals surface area contributed by atoms with Crippen LogP contribution in [0.3, 0.4) is 0 Å². The molecule has 12 aromatic rings. The highest BCUT2D eigenvalue weighted by Gasteiger charge is 2.38. The Labute approximate surface area is 364 Å². The summed E-state index contributed by atoms with van der Waals surface area (Å²) < 4.78 is 9.18. The Bertz CT molecular complexity index is 3430. The molecule has 3 aromatic heterocycles. The van der Waals surface area contributed by atoms with Crippen molar-refractivity contribution in [1.82, 2.24) is 19.5 Å². The second kappa shape index (κ2) is 14.9. The van der Waals surface area contributed by atoms with Crippen LogP contribution in [0.2, 0.25) is 0 Å². The molecule has 5 nitrogen and oxygen atoms in total. The molecule has 0 N–H and O–H groups in total. The first kappa shape index (κ1) is 36.4. The largest absolute Gasteiger partial charge is 0.454 e. The van der Waals surface area contributed by atoms with E-state index >= 15 is 0 Å². The third kappa shape index (κ3) is 5.97. The van der Waals surface area contributed by atoms with Crippen molar-refractivity contribution in [2.45, 2.75) is 5.41 Å². The summed E-state index contributed by atoms with van der Waals surface area (Å²) in [7, 11) is 0. The molecule has 12 rings (SSSR count). The summed E-state index contributed by atoms with van der Waals surface area (Å²) in [6.07, 6.45) is 0. The molecule has 0 radical (unpaired) electrons. The van der Waals surface area contributed by atoms with Gasteiger partial charge in [-0.1, -0.05) is 182 Å². The number of furan rings is 1. The Kier molecular flexibility index (Phi) is 8.64. The summed E-state index contributed by atoms with van der Waals surface area (Å²) in [6.45, 7) is 0. The van der Waals surface area contributed by atoms with E-state index in [1.165, 1.54) is 22.3 Å². The number of nitrogens with zero attached hydrogens (tertiary/aromatic N) is 4. The molecular weight excluding hydrogens is 769 g/mol. The lowest BCUT2D eigenvalue weighted by molar-refractivity contribution is 0.671. The number of para-hydroxylation sites is 1. The number of hydrogen-bond acceptors (Lipinski definition) is 4. The average Bonchev–Trinajstić information content (AvgIpc) is 3.92. The van der Waals surface area contributed by atoms with E-state index in [1.807, 2.05) is 66.7 Å². The van der Waals surface area contributed by atoms with E-state index in [0.717, 1.165) is 66.1 Å². The van der Waals surface area contributed by atoms with Crippen LogP contribution in [-0.2, 0) is 5.41 Å². The predicted molar refractivity (Wildman–Crippen MR) is 256 cm³/mol. The van der Waals surface area contributed by atoms with Crippen molar-refractivity contribution in [3.63, 3.8) is 0 Å². The molecule has 0 fully saturated rings.